The Morgan fingerprint density at radius 3 is 2.64 bits per heavy atom. The molecule has 1 aliphatic carbocycles. The van der Waals surface area contributed by atoms with Crippen LogP contribution in [-0.2, 0) is 4.79 Å². The van der Waals surface area contributed by atoms with Gasteiger partial charge >= 0.3 is 0 Å². The Labute approximate surface area is 171 Å². The maximum atomic E-state index is 12.0. The van der Waals surface area contributed by atoms with Gasteiger partial charge in [0.25, 0.3) is 0 Å². The van der Waals surface area contributed by atoms with E-state index in [0.29, 0.717) is 23.2 Å². The van der Waals surface area contributed by atoms with Gasteiger partial charge in [0, 0.05) is 49.4 Å². The number of aliphatic hydroxyl groups excluding tert-OH is 1. The molecule has 8 heteroatoms. The van der Waals surface area contributed by atoms with E-state index in [2.05, 4.69) is 25.4 Å². The number of aliphatic hydroxyl groups is 1. The van der Waals surface area contributed by atoms with Gasteiger partial charge < -0.3 is 20.6 Å². The lowest BCUT2D eigenvalue weighted by molar-refractivity contribution is -0.122. The summed E-state index contributed by atoms with van der Waals surface area (Å²) in [6.07, 6.45) is 1.49. The quantitative estimate of drug-likeness (QED) is 0.468. The van der Waals surface area contributed by atoms with Gasteiger partial charge in [0.05, 0.1) is 13.1 Å². The van der Waals surface area contributed by atoms with Gasteiger partial charge in [-0.3, -0.25) is 14.7 Å². The highest BCUT2D eigenvalue weighted by molar-refractivity contribution is 6.31. The first-order valence-corrected chi connectivity index (χ1v) is 10.4. The summed E-state index contributed by atoms with van der Waals surface area (Å²) in [5.41, 5.74) is 0.690. The molecule has 1 saturated heterocycles. The predicted octanol–water partition coefficient (Wildman–Crippen LogP) is 1.24. The van der Waals surface area contributed by atoms with E-state index in [1.165, 1.54) is 0 Å². The average molecular weight is 408 g/mol. The number of carbonyl (C=O) groups excluding carboxylic acids is 1. The number of hydrogen-bond donors (Lipinski definition) is 3. The number of aliphatic imine (C=N–C) groups is 1. The molecule has 2 aliphatic rings. The highest BCUT2D eigenvalue weighted by Crippen LogP contribution is 2.22. The van der Waals surface area contributed by atoms with Crippen LogP contribution in [0.4, 0.5) is 0 Å². The zero-order valence-electron chi connectivity index (χ0n) is 16.4. The van der Waals surface area contributed by atoms with Crippen molar-refractivity contribution in [2.45, 2.75) is 31.9 Å². The number of nitrogens with zero attached hydrogens (tertiary/aromatic N) is 3. The third-order valence-corrected chi connectivity index (χ3v) is 5.34. The average Bonchev–Trinajstić information content (AvgIpc) is 3.50. The van der Waals surface area contributed by atoms with Crippen LogP contribution in [0.5, 0.6) is 0 Å². The second-order valence-electron chi connectivity index (χ2n) is 7.34. The Balaban J connectivity index is 1.51. The Morgan fingerprint density at radius 1 is 1.29 bits per heavy atom. The summed E-state index contributed by atoms with van der Waals surface area (Å²) in [7, 11) is 0. The zero-order valence-corrected chi connectivity index (χ0v) is 17.2. The van der Waals surface area contributed by atoms with Crippen LogP contribution in [0.25, 0.3) is 0 Å². The van der Waals surface area contributed by atoms with Crippen LogP contribution >= 0.6 is 11.6 Å². The lowest BCUT2D eigenvalue weighted by Gasteiger charge is -2.36. The first-order chi connectivity index (χ1) is 13.6. The molecular weight excluding hydrogens is 378 g/mol. The minimum atomic E-state index is -0.741. The summed E-state index contributed by atoms with van der Waals surface area (Å²) in [6.45, 7) is 6.71. The monoisotopic (exact) mass is 407 g/mol. The van der Waals surface area contributed by atoms with Crippen LogP contribution < -0.4 is 10.6 Å². The molecule has 2 fully saturated rings. The SMILES string of the molecule is CCNC(=NCC(O)c1ccccc1Cl)N1CCN(CC(=O)NC2CC2)CC1. The second kappa shape index (κ2) is 10.1. The molecule has 0 radical (unpaired) electrons. The molecule has 1 atom stereocenters. The van der Waals surface area contributed by atoms with Crippen molar-refractivity contribution in [1.29, 1.82) is 0 Å². The third-order valence-electron chi connectivity index (χ3n) is 4.99. The minimum absolute atomic E-state index is 0.124. The smallest absolute Gasteiger partial charge is 0.234 e. The summed E-state index contributed by atoms with van der Waals surface area (Å²) in [5, 5.41) is 17.3. The van der Waals surface area contributed by atoms with Crippen LogP contribution in [0.2, 0.25) is 5.02 Å². The molecule has 1 unspecified atom stereocenters. The number of halogens is 1. The van der Waals surface area contributed by atoms with Crippen LogP contribution in [-0.4, -0.2) is 78.6 Å². The molecule has 0 spiro atoms. The Hall–Kier alpha value is -1.83. The van der Waals surface area contributed by atoms with Crippen molar-refractivity contribution < 1.29 is 9.90 Å². The topological polar surface area (TPSA) is 80.2 Å². The molecule has 1 saturated carbocycles. The molecule has 1 heterocycles. The molecule has 1 aliphatic heterocycles. The Kier molecular flexibility index (Phi) is 7.53. The number of piperazine rings is 1. The van der Waals surface area contributed by atoms with Gasteiger partial charge in [0.2, 0.25) is 5.91 Å². The number of amides is 1. The highest BCUT2D eigenvalue weighted by atomic mass is 35.5. The van der Waals surface area contributed by atoms with Gasteiger partial charge in [-0.2, -0.15) is 0 Å². The van der Waals surface area contributed by atoms with E-state index in [-0.39, 0.29) is 12.5 Å². The molecular formula is C20H30ClN5O2. The summed E-state index contributed by atoms with van der Waals surface area (Å²) in [6, 6.07) is 7.70. The standard InChI is InChI=1S/C20H30ClN5O2/c1-2-22-20(23-13-18(27)16-5-3-4-6-17(16)21)26-11-9-25(10-12-26)14-19(28)24-15-7-8-15/h3-6,15,18,27H,2,7-14H2,1H3,(H,22,23)(H,24,28). The predicted molar refractivity (Wildman–Crippen MR) is 112 cm³/mol. The van der Waals surface area contributed by atoms with Gasteiger partial charge in [-0.25, -0.2) is 0 Å². The molecule has 0 bridgehead atoms. The van der Waals surface area contributed by atoms with E-state index in [0.717, 1.165) is 51.5 Å². The summed E-state index contributed by atoms with van der Waals surface area (Å²) in [5.74, 6) is 0.912. The number of nitrogens with one attached hydrogen (secondary N) is 2. The lowest BCUT2D eigenvalue weighted by atomic mass is 10.1. The Bertz CT molecular complexity index is 687. The van der Waals surface area contributed by atoms with E-state index in [4.69, 9.17) is 11.6 Å². The van der Waals surface area contributed by atoms with Crippen molar-refractivity contribution in [1.82, 2.24) is 20.4 Å². The van der Waals surface area contributed by atoms with E-state index in [1.807, 2.05) is 25.1 Å². The van der Waals surface area contributed by atoms with Crippen molar-refractivity contribution >= 4 is 23.5 Å². The maximum Gasteiger partial charge on any atom is 0.234 e. The van der Waals surface area contributed by atoms with Crippen LogP contribution in [0, 0.1) is 0 Å². The summed E-state index contributed by atoms with van der Waals surface area (Å²) < 4.78 is 0. The molecule has 1 aromatic rings. The highest BCUT2D eigenvalue weighted by Gasteiger charge is 2.26. The van der Waals surface area contributed by atoms with Gasteiger partial charge in [-0.05, 0) is 25.8 Å². The number of benzene rings is 1. The van der Waals surface area contributed by atoms with Crippen molar-refractivity contribution in [3.8, 4) is 0 Å². The molecule has 3 rings (SSSR count). The molecule has 0 aromatic heterocycles. The second-order valence-corrected chi connectivity index (χ2v) is 7.74. The van der Waals surface area contributed by atoms with Gasteiger partial charge in [-0.1, -0.05) is 29.8 Å². The van der Waals surface area contributed by atoms with E-state index >= 15 is 0 Å². The summed E-state index contributed by atoms with van der Waals surface area (Å²) in [4.78, 5) is 20.9. The van der Waals surface area contributed by atoms with Crippen molar-refractivity contribution in [3.05, 3.63) is 34.9 Å². The van der Waals surface area contributed by atoms with E-state index < -0.39 is 6.10 Å². The van der Waals surface area contributed by atoms with Gasteiger partial charge in [-0.15, -0.1) is 0 Å². The third kappa shape index (κ3) is 6.09. The Morgan fingerprint density at radius 2 is 2.00 bits per heavy atom. The fraction of sp³-hybridized carbons (Fsp3) is 0.600. The van der Waals surface area contributed by atoms with Crippen molar-refractivity contribution in [3.63, 3.8) is 0 Å². The van der Waals surface area contributed by atoms with Crippen LogP contribution in [0.15, 0.2) is 29.3 Å². The number of carbonyl (C=O) groups is 1. The van der Waals surface area contributed by atoms with Crippen LogP contribution in [0.1, 0.15) is 31.4 Å². The maximum absolute atomic E-state index is 12.0. The number of guanidine groups is 1. The molecule has 154 valence electrons. The normalized spacial score (nSPS) is 19.4. The largest absolute Gasteiger partial charge is 0.386 e. The minimum Gasteiger partial charge on any atom is -0.386 e. The fourth-order valence-electron chi connectivity index (χ4n) is 3.26. The fourth-order valence-corrected chi connectivity index (χ4v) is 3.53. The van der Waals surface area contributed by atoms with Gasteiger partial charge in [0.1, 0.15) is 6.10 Å². The molecule has 28 heavy (non-hydrogen) atoms. The van der Waals surface area contributed by atoms with Crippen molar-refractivity contribution in [2.24, 2.45) is 4.99 Å². The van der Waals surface area contributed by atoms with E-state index in [9.17, 15) is 9.90 Å². The lowest BCUT2D eigenvalue weighted by Crippen LogP contribution is -2.54. The number of rotatable bonds is 7. The van der Waals surface area contributed by atoms with Gasteiger partial charge in [0.15, 0.2) is 5.96 Å². The molecule has 7 nitrogen and oxygen atoms in total. The molecule has 3 N–H and O–H groups in total. The first kappa shape index (κ1) is 20.9. The molecule has 1 amide bonds. The zero-order chi connectivity index (χ0) is 19.9. The number of hydrogen-bond acceptors (Lipinski definition) is 4. The van der Waals surface area contributed by atoms with Crippen molar-refractivity contribution in [2.75, 3.05) is 45.8 Å². The first-order valence-electron chi connectivity index (χ1n) is 10.0. The molecule has 1 aromatic carbocycles. The summed E-state index contributed by atoms with van der Waals surface area (Å²) >= 11 is 6.16. The van der Waals surface area contributed by atoms with Crippen LogP contribution in [0.3, 0.4) is 0 Å². The van der Waals surface area contributed by atoms with E-state index in [1.54, 1.807) is 6.07 Å².